The van der Waals surface area contributed by atoms with E-state index in [9.17, 15) is 5.11 Å². The summed E-state index contributed by atoms with van der Waals surface area (Å²) < 4.78 is 0. The number of hydrogen-bond acceptors (Lipinski definition) is 4. The number of piperazine rings is 1. The Balaban J connectivity index is 1.58. The van der Waals surface area contributed by atoms with Crippen molar-refractivity contribution >= 4 is 22.3 Å². The molecule has 0 aromatic carbocycles. The van der Waals surface area contributed by atoms with Crippen LogP contribution in [-0.2, 0) is 0 Å². The summed E-state index contributed by atoms with van der Waals surface area (Å²) >= 11 is 1.80. The minimum atomic E-state index is -0.570. The van der Waals surface area contributed by atoms with Gasteiger partial charge in [0.25, 0.3) is 0 Å². The number of aliphatic hydroxyl groups is 1. The Bertz CT molecular complexity index is 503. The highest BCUT2D eigenvalue weighted by Gasteiger charge is 2.31. The zero-order chi connectivity index (χ0) is 16.1. The number of guanidine groups is 1. The Morgan fingerprint density at radius 3 is 2.65 bits per heavy atom. The number of nitrogens with one attached hydrogen (secondary N) is 1. The Hall–Kier alpha value is -1.27. The highest BCUT2D eigenvalue weighted by Crippen LogP contribution is 2.29. The van der Waals surface area contributed by atoms with Crippen molar-refractivity contribution < 1.29 is 5.11 Å². The minimum Gasteiger partial charge on any atom is -0.388 e. The number of thiophene rings is 1. The third kappa shape index (κ3) is 4.18. The lowest BCUT2D eigenvalue weighted by molar-refractivity contribution is 0.0571. The third-order valence-corrected chi connectivity index (χ3v) is 5.72. The number of nitrogens with zero attached hydrogens (tertiary/aromatic N) is 3. The lowest BCUT2D eigenvalue weighted by Crippen LogP contribution is -2.52. The zero-order valence-electron chi connectivity index (χ0n) is 14.0. The average Bonchev–Trinajstić information content (AvgIpc) is 3.24. The zero-order valence-corrected chi connectivity index (χ0v) is 14.8. The molecule has 23 heavy (non-hydrogen) atoms. The number of rotatable bonds is 4. The van der Waals surface area contributed by atoms with Crippen molar-refractivity contribution in [3.05, 3.63) is 17.5 Å². The van der Waals surface area contributed by atoms with Gasteiger partial charge in [0.15, 0.2) is 5.96 Å². The van der Waals surface area contributed by atoms with Crippen LogP contribution in [0, 0.1) is 0 Å². The van der Waals surface area contributed by atoms with Gasteiger partial charge in [-0.25, -0.2) is 0 Å². The summed E-state index contributed by atoms with van der Waals surface area (Å²) in [6.45, 7) is 7.49. The number of anilines is 1. The molecule has 1 aliphatic carbocycles. The van der Waals surface area contributed by atoms with Gasteiger partial charge in [-0.2, -0.15) is 0 Å². The molecule has 2 heterocycles. The van der Waals surface area contributed by atoms with Crippen LogP contribution >= 0.6 is 11.3 Å². The van der Waals surface area contributed by atoms with Crippen LogP contribution in [0.2, 0.25) is 0 Å². The van der Waals surface area contributed by atoms with Crippen molar-refractivity contribution in [1.82, 2.24) is 10.2 Å². The third-order valence-electron chi connectivity index (χ3n) is 4.79. The second-order valence-corrected chi connectivity index (χ2v) is 7.45. The summed E-state index contributed by atoms with van der Waals surface area (Å²) in [6.07, 6.45) is 4.04. The summed E-state index contributed by atoms with van der Waals surface area (Å²) in [5, 5.41) is 17.4. The van der Waals surface area contributed by atoms with Gasteiger partial charge in [-0.3, -0.25) is 4.99 Å². The second kappa shape index (κ2) is 7.53. The first-order chi connectivity index (χ1) is 11.2. The summed E-state index contributed by atoms with van der Waals surface area (Å²) in [6, 6.07) is 4.30. The van der Waals surface area contributed by atoms with Gasteiger partial charge in [0.1, 0.15) is 0 Å². The fraction of sp³-hybridized carbons (Fsp3) is 0.706. The average molecular weight is 337 g/mol. The van der Waals surface area contributed by atoms with Crippen LogP contribution in [0.1, 0.15) is 32.6 Å². The molecule has 1 aliphatic heterocycles. The van der Waals surface area contributed by atoms with E-state index < -0.39 is 5.60 Å². The van der Waals surface area contributed by atoms with Gasteiger partial charge in [0.2, 0.25) is 0 Å². The summed E-state index contributed by atoms with van der Waals surface area (Å²) in [7, 11) is 0. The van der Waals surface area contributed by atoms with Gasteiger partial charge in [-0.05, 0) is 37.3 Å². The first kappa shape index (κ1) is 16.6. The van der Waals surface area contributed by atoms with E-state index in [0.29, 0.717) is 6.54 Å². The van der Waals surface area contributed by atoms with Crippen LogP contribution < -0.4 is 10.2 Å². The van der Waals surface area contributed by atoms with Crippen molar-refractivity contribution in [2.45, 2.75) is 38.2 Å². The first-order valence-electron chi connectivity index (χ1n) is 8.74. The molecule has 2 N–H and O–H groups in total. The Kier molecular flexibility index (Phi) is 5.43. The molecule has 2 fully saturated rings. The lowest BCUT2D eigenvalue weighted by Gasteiger charge is -2.37. The Morgan fingerprint density at radius 2 is 2.04 bits per heavy atom. The molecule has 1 aromatic rings. The van der Waals surface area contributed by atoms with Crippen molar-refractivity contribution in [3.63, 3.8) is 0 Å². The number of aliphatic imine (C=N–C) groups is 1. The predicted molar refractivity (Wildman–Crippen MR) is 97.5 cm³/mol. The van der Waals surface area contributed by atoms with Crippen molar-refractivity contribution in [3.8, 4) is 0 Å². The van der Waals surface area contributed by atoms with E-state index in [2.05, 4.69) is 39.6 Å². The molecule has 0 bridgehead atoms. The maximum atomic E-state index is 10.5. The van der Waals surface area contributed by atoms with E-state index in [4.69, 9.17) is 4.99 Å². The monoisotopic (exact) mass is 336 g/mol. The van der Waals surface area contributed by atoms with Crippen molar-refractivity contribution in [2.24, 2.45) is 4.99 Å². The molecule has 3 rings (SSSR count). The summed E-state index contributed by atoms with van der Waals surface area (Å²) in [5.74, 6) is 0.957. The van der Waals surface area contributed by atoms with Crippen LogP contribution in [0.5, 0.6) is 0 Å². The van der Waals surface area contributed by atoms with Crippen LogP contribution in [0.25, 0.3) is 0 Å². The predicted octanol–water partition coefficient (Wildman–Crippen LogP) is 2.14. The lowest BCUT2D eigenvalue weighted by atomic mass is 10.0. The summed E-state index contributed by atoms with van der Waals surface area (Å²) in [4.78, 5) is 9.51. The Labute approximate surface area is 143 Å². The molecule has 128 valence electrons. The Morgan fingerprint density at radius 1 is 1.30 bits per heavy atom. The molecule has 0 atom stereocenters. The molecule has 0 unspecified atom stereocenters. The van der Waals surface area contributed by atoms with E-state index in [1.807, 2.05) is 0 Å². The van der Waals surface area contributed by atoms with Crippen molar-refractivity contribution in [2.75, 3.05) is 44.2 Å². The molecule has 1 saturated heterocycles. The van der Waals surface area contributed by atoms with E-state index in [0.717, 1.165) is 64.4 Å². The van der Waals surface area contributed by atoms with Gasteiger partial charge in [-0.1, -0.05) is 12.8 Å². The van der Waals surface area contributed by atoms with Gasteiger partial charge >= 0.3 is 0 Å². The maximum absolute atomic E-state index is 10.5. The van der Waals surface area contributed by atoms with Gasteiger partial charge in [-0.15, -0.1) is 11.3 Å². The minimum absolute atomic E-state index is 0.528. The summed E-state index contributed by atoms with van der Waals surface area (Å²) in [5.41, 5.74) is -0.570. The quantitative estimate of drug-likeness (QED) is 0.653. The van der Waals surface area contributed by atoms with E-state index in [-0.39, 0.29) is 0 Å². The van der Waals surface area contributed by atoms with Crippen molar-refractivity contribution in [1.29, 1.82) is 0 Å². The van der Waals surface area contributed by atoms with E-state index in [1.165, 1.54) is 5.00 Å². The largest absolute Gasteiger partial charge is 0.388 e. The molecule has 0 amide bonds. The molecule has 0 spiro atoms. The number of hydrogen-bond donors (Lipinski definition) is 2. The van der Waals surface area contributed by atoms with Crippen LogP contribution in [0.4, 0.5) is 5.00 Å². The van der Waals surface area contributed by atoms with Gasteiger partial charge < -0.3 is 20.2 Å². The molecule has 6 heteroatoms. The topological polar surface area (TPSA) is 51.1 Å². The first-order valence-corrected chi connectivity index (χ1v) is 9.62. The standard InChI is InChI=1S/C17H28N4OS/c1-2-18-16(19-14-17(22)7-3-4-8-17)21-11-9-20(10-12-21)15-6-5-13-23-15/h5-6,13,22H,2-4,7-12,14H2,1H3,(H,18,19). The molecule has 1 saturated carbocycles. The fourth-order valence-corrected chi connectivity index (χ4v) is 4.21. The molecule has 5 nitrogen and oxygen atoms in total. The molecular formula is C17H28N4OS. The van der Waals surface area contributed by atoms with Crippen LogP contribution in [-0.4, -0.2) is 60.8 Å². The van der Waals surface area contributed by atoms with Crippen LogP contribution in [0.3, 0.4) is 0 Å². The normalized spacial score (nSPS) is 21.7. The molecule has 1 aromatic heterocycles. The maximum Gasteiger partial charge on any atom is 0.194 e. The van der Waals surface area contributed by atoms with Gasteiger partial charge in [0.05, 0.1) is 17.1 Å². The SMILES string of the molecule is CCNC(=NCC1(O)CCCC1)N1CCN(c2cccs2)CC1. The highest BCUT2D eigenvalue weighted by atomic mass is 32.1. The smallest absolute Gasteiger partial charge is 0.194 e. The fourth-order valence-electron chi connectivity index (χ4n) is 3.43. The highest BCUT2D eigenvalue weighted by molar-refractivity contribution is 7.14. The molecule has 2 aliphatic rings. The van der Waals surface area contributed by atoms with Crippen LogP contribution in [0.15, 0.2) is 22.5 Å². The molecule has 0 radical (unpaired) electrons. The van der Waals surface area contributed by atoms with E-state index in [1.54, 1.807) is 11.3 Å². The van der Waals surface area contributed by atoms with Gasteiger partial charge in [0, 0.05) is 32.7 Å². The van der Waals surface area contributed by atoms with E-state index >= 15 is 0 Å². The second-order valence-electron chi connectivity index (χ2n) is 6.53. The molecular weight excluding hydrogens is 308 g/mol.